The van der Waals surface area contributed by atoms with Gasteiger partial charge in [0, 0.05) is 38.0 Å². The minimum absolute atomic E-state index is 0.126. The second kappa shape index (κ2) is 7.21. The van der Waals surface area contributed by atoms with Crippen molar-refractivity contribution in [3.05, 3.63) is 29.8 Å². The Kier molecular flexibility index (Phi) is 5.04. The smallest absolute Gasteiger partial charge is 0.337 e. The molecule has 0 radical (unpaired) electrons. The number of hydrogen-bond donors (Lipinski definition) is 0. The Labute approximate surface area is 142 Å². The Balaban J connectivity index is 1.62. The number of rotatable bonds is 3. The van der Waals surface area contributed by atoms with E-state index in [0.717, 1.165) is 31.6 Å². The van der Waals surface area contributed by atoms with Crippen molar-refractivity contribution in [2.45, 2.75) is 31.9 Å². The lowest BCUT2D eigenvalue weighted by Crippen LogP contribution is -2.56. The molecule has 1 amide bonds. The molecule has 24 heavy (non-hydrogen) atoms. The molecular formula is C18H24N2O4. The number of amides is 1. The molecule has 6 nitrogen and oxygen atoms in total. The SMILES string of the molecule is COC(=O)c1ccc(N2CCN(C(=O)[C@@H]3CCCO3)[C@@H](C)C2)cc1. The summed E-state index contributed by atoms with van der Waals surface area (Å²) in [6.45, 7) is 5.01. The molecule has 0 aromatic heterocycles. The van der Waals surface area contributed by atoms with Gasteiger partial charge >= 0.3 is 5.97 Å². The van der Waals surface area contributed by atoms with Crippen molar-refractivity contribution in [2.24, 2.45) is 0 Å². The average Bonchev–Trinajstić information content (AvgIpc) is 3.15. The van der Waals surface area contributed by atoms with E-state index >= 15 is 0 Å². The van der Waals surface area contributed by atoms with Gasteiger partial charge in [-0.1, -0.05) is 0 Å². The van der Waals surface area contributed by atoms with Gasteiger partial charge in [0.2, 0.25) is 0 Å². The fourth-order valence-corrected chi connectivity index (χ4v) is 3.40. The number of piperazine rings is 1. The third-order valence-corrected chi connectivity index (χ3v) is 4.77. The van der Waals surface area contributed by atoms with Gasteiger partial charge in [-0.05, 0) is 44.0 Å². The number of anilines is 1. The lowest BCUT2D eigenvalue weighted by Gasteiger charge is -2.41. The number of nitrogens with zero attached hydrogens (tertiary/aromatic N) is 2. The summed E-state index contributed by atoms with van der Waals surface area (Å²) in [7, 11) is 1.38. The van der Waals surface area contributed by atoms with Crippen LogP contribution in [0.2, 0.25) is 0 Å². The Morgan fingerprint density at radius 1 is 1.21 bits per heavy atom. The quantitative estimate of drug-likeness (QED) is 0.789. The molecule has 0 unspecified atom stereocenters. The van der Waals surface area contributed by atoms with E-state index in [9.17, 15) is 9.59 Å². The predicted molar refractivity (Wildman–Crippen MR) is 90.1 cm³/mol. The molecule has 6 heteroatoms. The number of esters is 1. The monoisotopic (exact) mass is 332 g/mol. The van der Waals surface area contributed by atoms with Crippen molar-refractivity contribution in [3.8, 4) is 0 Å². The minimum Gasteiger partial charge on any atom is -0.465 e. The molecule has 2 fully saturated rings. The largest absolute Gasteiger partial charge is 0.465 e. The molecule has 0 bridgehead atoms. The number of carbonyl (C=O) groups is 2. The molecular weight excluding hydrogens is 308 g/mol. The van der Waals surface area contributed by atoms with Crippen molar-refractivity contribution < 1.29 is 19.1 Å². The van der Waals surface area contributed by atoms with Crippen LogP contribution in [0.5, 0.6) is 0 Å². The van der Waals surface area contributed by atoms with Crippen LogP contribution in [-0.4, -0.2) is 62.3 Å². The number of methoxy groups -OCH3 is 1. The minimum atomic E-state index is -0.332. The van der Waals surface area contributed by atoms with Crippen LogP contribution in [0, 0.1) is 0 Å². The van der Waals surface area contributed by atoms with E-state index in [4.69, 9.17) is 9.47 Å². The molecule has 130 valence electrons. The van der Waals surface area contributed by atoms with E-state index < -0.39 is 0 Å². The summed E-state index contributed by atoms with van der Waals surface area (Å²) in [6.07, 6.45) is 1.55. The molecule has 0 N–H and O–H groups in total. The van der Waals surface area contributed by atoms with Gasteiger partial charge in [0.1, 0.15) is 6.10 Å². The van der Waals surface area contributed by atoms with Crippen LogP contribution in [0.25, 0.3) is 0 Å². The van der Waals surface area contributed by atoms with Gasteiger partial charge in [-0.3, -0.25) is 4.79 Å². The van der Waals surface area contributed by atoms with Crippen LogP contribution in [0.1, 0.15) is 30.1 Å². The lowest BCUT2D eigenvalue weighted by atomic mass is 10.1. The number of benzene rings is 1. The second-order valence-corrected chi connectivity index (χ2v) is 6.37. The predicted octanol–water partition coefficient (Wildman–Crippen LogP) is 1.69. The Bertz CT molecular complexity index is 596. The first-order valence-electron chi connectivity index (χ1n) is 8.45. The molecule has 1 aromatic rings. The summed E-state index contributed by atoms with van der Waals surface area (Å²) in [4.78, 5) is 28.2. The first-order valence-corrected chi connectivity index (χ1v) is 8.45. The van der Waals surface area contributed by atoms with Crippen LogP contribution in [0.4, 0.5) is 5.69 Å². The Morgan fingerprint density at radius 2 is 1.96 bits per heavy atom. The first-order chi connectivity index (χ1) is 11.6. The molecule has 0 aliphatic carbocycles. The molecule has 2 aliphatic rings. The highest BCUT2D eigenvalue weighted by molar-refractivity contribution is 5.89. The topological polar surface area (TPSA) is 59.1 Å². The van der Waals surface area contributed by atoms with Gasteiger partial charge in [-0.25, -0.2) is 4.79 Å². The van der Waals surface area contributed by atoms with E-state index in [2.05, 4.69) is 11.8 Å². The van der Waals surface area contributed by atoms with Crippen LogP contribution < -0.4 is 4.90 Å². The zero-order chi connectivity index (χ0) is 17.1. The van der Waals surface area contributed by atoms with Crippen molar-refractivity contribution in [2.75, 3.05) is 38.3 Å². The number of hydrogen-bond acceptors (Lipinski definition) is 5. The second-order valence-electron chi connectivity index (χ2n) is 6.37. The van der Waals surface area contributed by atoms with Gasteiger partial charge in [0.05, 0.1) is 12.7 Å². The zero-order valence-electron chi connectivity index (χ0n) is 14.2. The first kappa shape index (κ1) is 16.8. The molecule has 0 saturated carbocycles. The Morgan fingerprint density at radius 3 is 2.54 bits per heavy atom. The zero-order valence-corrected chi connectivity index (χ0v) is 14.2. The van der Waals surface area contributed by atoms with Gasteiger partial charge in [0.15, 0.2) is 0 Å². The molecule has 0 spiro atoms. The van der Waals surface area contributed by atoms with Gasteiger partial charge in [-0.15, -0.1) is 0 Å². The normalized spacial score (nSPS) is 24.1. The summed E-state index contributed by atoms with van der Waals surface area (Å²) in [5.74, 6) is -0.206. The summed E-state index contributed by atoms with van der Waals surface area (Å²) in [5, 5.41) is 0. The van der Waals surface area contributed by atoms with E-state index in [1.165, 1.54) is 7.11 Å². The molecule has 2 aliphatic heterocycles. The highest BCUT2D eigenvalue weighted by atomic mass is 16.5. The van der Waals surface area contributed by atoms with Gasteiger partial charge in [0.25, 0.3) is 5.91 Å². The summed E-state index contributed by atoms with van der Waals surface area (Å²) in [5.41, 5.74) is 1.60. The highest BCUT2D eigenvalue weighted by Crippen LogP contribution is 2.22. The van der Waals surface area contributed by atoms with Crippen LogP contribution in [-0.2, 0) is 14.3 Å². The van der Waals surface area contributed by atoms with Crippen LogP contribution in [0.15, 0.2) is 24.3 Å². The molecule has 1 aromatic carbocycles. The fraction of sp³-hybridized carbons (Fsp3) is 0.556. The maximum atomic E-state index is 12.5. The van der Waals surface area contributed by atoms with E-state index in [1.54, 1.807) is 12.1 Å². The van der Waals surface area contributed by atoms with Crippen molar-refractivity contribution in [3.63, 3.8) is 0 Å². The summed E-state index contributed by atoms with van der Waals surface area (Å²) >= 11 is 0. The molecule has 2 saturated heterocycles. The van der Waals surface area contributed by atoms with Crippen LogP contribution in [0.3, 0.4) is 0 Å². The molecule has 3 rings (SSSR count). The van der Waals surface area contributed by atoms with Crippen molar-refractivity contribution in [1.29, 1.82) is 0 Å². The highest BCUT2D eigenvalue weighted by Gasteiger charge is 2.33. The van der Waals surface area contributed by atoms with E-state index in [0.29, 0.717) is 18.7 Å². The van der Waals surface area contributed by atoms with Gasteiger partial charge < -0.3 is 19.3 Å². The van der Waals surface area contributed by atoms with Gasteiger partial charge in [-0.2, -0.15) is 0 Å². The van der Waals surface area contributed by atoms with Crippen LogP contribution >= 0.6 is 0 Å². The maximum Gasteiger partial charge on any atom is 0.337 e. The number of carbonyl (C=O) groups excluding carboxylic acids is 2. The number of ether oxygens (including phenoxy) is 2. The van der Waals surface area contributed by atoms with E-state index in [-0.39, 0.29) is 24.0 Å². The van der Waals surface area contributed by atoms with Crippen molar-refractivity contribution in [1.82, 2.24) is 4.90 Å². The average molecular weight is 332 g/mol. The van der Waals surface area contributed by atoms with Crippen molar-refractivity contribution >= 4 is 17.6 Å². The lowest BCUT2D eigenvalue weighted by molar-refractivity contribution is -0.143. The molecule has 2 atom stereocenters. The Hall–Kier alpha value is -2.08. The van der Waals surface area contributed by atoms with E-state index in [1.807, 2.05) is 17.0 Å². The third kappa shape index (κ3) is 3.38. The summed E-state index contributed by atoms with van der Waals surface area (Å²) in [6, 6.07) is 7.54. The molecule has 2 heterocycles. The third-order valence-electron chi connectivity index (χ3n) is 4.77. The summed E-state index contributed by atoms with van der Waals surface area (Å²) < 4.78 is 10.2. The maximum absolute atomic E-state index is 12.5. The fourth-order valence-electron chi connectivity index (χ4n) is 3.40. The standard InChI is InChI=1S/C18H24N2O4/c1-13-12-19(15-7-5-14(6-8-15)18(22)23-2)9-10-20(13)17(21)16-4-3-11-24-16/h5-8,13,16H,3-4,9-12H2,1-2H3/t13-,16-/m0/s1.